The van der Waals surface area contributed by atoms with E-state index >= 15 is 0 Å². The largest absolute Gasteiger partial charge is 0.270 e. The van der Waals surface area contributed by atoms with Gasteiger partial charge in [-0.3, -0.25) is 10.1 Å². The number of aromatic nitrogens is 2. The third kappa shape index (κ3) is 2.73. The third-order valence-electron chi connectivity index (χ3n) is 3.92. The number of hydrogen-bond donors (Lipinski definition) is 0. The molecule has 0 N–H and O–H groups in total. The summed E-state index contributed by atoms with van der Waals surface area (Å²) in [6.45, 7) is 5.94. The third-order valence-corrected chi connectivity index (χ3v) is 3.92. The van der Waals surface area contributed by atoms with Crippen LogP contribution in [0.2, 0.25) is 0 Å². The highest BCUT2D eigenvalue weighted by atomic mass is 16.6. The van der Waals surface area contributed by atoms with Crippen molar-refractivity contribution in [3.05, 3.63) is 75.6 Å². The summed E-state index contributed by atoms with van der Waals surface area (Å²) in [6, 6.07) is 14.8. The summed E-state index contributed by atoms with van der Waals surface area (Å²) in [5, 5.41) is 15.6. The van der Waals surface area contributed by atoms with Crippen molar-refractivity contribution >= 4 is 5.69 Å². The molecule has 0 radical (unpaired) electrons. The van der Waals surface area contributed by atoms with Gasteiger partial charge in [0, 0.05) is 23.4 Å². The van der Waals surface area contributed by atoms with Gasteiger partial charge < -0.3 is 0 Å². The smallest absolute Gasteiger partial charge is 0.258 e. The molecule has 2 aromatic carbocycles. The van der Waals surface area contributed by atoms with Crippen LogP contribution in [0.3, 0.4) is 0 Å². The Bertz CT molecular complexity index is 880. The van der Waals surface area contributed by atoms with Crippen LogP contribution in [-0.4, -0.2) is 14.7 Å². The quantitative estimate of drug-likeness (QED) is 0.533. The molecule has 0 amide bonds. The number of nitrogens with zero attached hydrogens (tertiary/aromatic N) is 3. The van der Waals surface area contributed by atoms with Crippen LogP contribution in [0.1, 0.15) is 17.0 Å². The fraction of sp³-hybridized carbons (Fsp3) is 0.167. The lowest BCUT2D eigenvalue weighted by Gasteiger charge is -2.06. The van der Waals surface area contributed by atoms with Crippen LogP contribution in [0.5, 0.6) is 0 Å². The maximum absolute atomic E-state index is 11.0. The standard InChI is InChI=1S/C18H17N3O2/c1-12-7-9-16(10-8-12)20-14(3)18(13(2)19-20)15-5-4-6-17(11-15)21(22)23/h4-11H,1-3H3. The number of aryl methyl sites for hydroxylation is 2. The Morgan fingerprint density at radius 3 is 2.39 bits per heavy atom. The fourth-order valence-corrected chi connectivity index (χ4v) is 2.77. The molecule has 0 atom stereocenters. The van der Waals surface area contributed by atoms with Gasteiger partial charge >= 0.3 is 0 Å². The van der Waals surface area contributed by atoms with Gasteiger partial charge in [-0.15, -0.1) is 0 Å². The molecule has 0 saturated carbocycles. The van der Waals surface area contributed by atoms with Crippen molar-refractivity contribution in [1.29, 1.82) is 0 Å². The molecule has 5 heteroatoms. The van der Waals surface area contributed by atoms with E-state index in [0.29, 0.717) is 0 Å². The summed E-state index contributed by atoms with van der Waals surface area (Å²) in [5.74, 6) is 0. The average Bonchev–Trinajstić information content (AvgIpc) is 2.83. The summed E-state index contributed by atoms with van der Waals surface area (Å²) in [7, 11) is 0. The van der Waals surface area contributed by atoms with Gasteiger partial charge in [0.05, 0.1) is 16.3 Å². The van der Waals surface area contributed by atoms with Gasteiger partial charge in [-0.05, 0) is 38.5 Å². The van der Waals surface area contributed by atoms with Crippen LogP contribution < -0.4 is 0 Å². The summed E-state index contributed by atoms with van der Waals surface area (Å²) in [4.78, 5) is 10.6. The van der Waals surface area contributed by atoms with E-state index in [0.717, 1.165) is 28.2 Å². The molecule has 116 valence electrons. The summed E-state index contributed by atoms with van der Waals surface area (Å²) in [6.07, 6.45) is 0. The minimum atomic E-state index is -0.376. The molecule has 0 spiro atoms. The number of hydrogen-bond acceptors (Lipinski definition) is 3. The predicted octanol–water partition coefficient (Wildman–Crippen LogP) is 4.37. The second kappa shape index (κ2) is 5.68. The lowest BCUT2D eigenvalue weighted by atomic mass is 10.0. The summed E-state index contributed by atoms with van der Waals surface area (Å²) >= 11 is 0. The molecule has 0 saturated heterocycles. The van der Waals surface area contributed by atoms with Crippen LogP contribution >= 0.6 is 0 Å². The second-order valence-electron chi connectivity index (χ2n) is 5.60. The topological polar surface area (TPSA) is 61.0 Å². The maximum Gasteiger partial charge on any atom is 0.270 e. The molecule has 0 fully saturated rings. The van der Waals surface area contributed by atoms with Gasteiger partial charge in [-0.1, -0.05) is 29.8 Å². The molecular weight excluding hydrogens is 290 g/mol. The van der Waals surface area contributed by atoms with E-state index in [1.165, 1.54) is 11.6 Å². The number of nitro groups is 1. The first-order chi connectivity index (χ1) is 11.0. The molecule has 3 aromatic rings. The SMILES string of the molecule is Cc1ccc(-n2nc(C)c(-c3cccc([N+](=O)[O-])c3)c2C)cc1. The lowest BCUT2D eigenvalue weighted by molar-refractivity contribution is -0.384. The molecule has 5 nitrogen and oxygen atoms in total. The highest BCUT2D eigenvalue weighted by Crippen LogP contribution is 2.30. The normalized spacial score (nSPS) is 10.7. The zero-order chi connectivity index (χ0) is 16.6. The number of rotatable bonds is 3. The van der Waals surface area contributed by atoms with Crippen molar-refractivity contribution in [3.8, 4) is 16.8 Å². The van der Waals surface area contributed by atoms with Crippen molar-refractivity contribution in [2.45, 2.75) is 20.8 Å². The molecule has 0 aliphatic heterocycles. The van der Waals surface area contributed by atoms with Crippen molar-refractivity contribution in [3.63, 3.8) is 0 Å². The first-order valence-electron chi connectivity index (χ1n) is 7.35. The van der Waals surface area contributed by atoms with Gasteiger partial charge in [0.25, 0.3) is 5.69 Å². The van der Waals surface area contributed by atoms with Crippen molar-refractivity contribution in [1.82, 2.24) is 9.78 Å². The van der Waals surface area contributed by atoms with Crippen LogP contribution in [0.4, 0.5) is 5.69 Å². The predicted molar refractivity (Wildman–Crippen MR) is 89.9 cm³/mol. The van der Waals surface area contributed by atoms with Gasteiger partial charge in [-0.2, -0.15) is 5.10 Å². The molecule has 0 unspecified atom stereocenters. The minimum Gasteiger partial charge on any atom is -0.258 e. The monoisotopic (exact) mass is 307 g/mol. The molecule has 23 heavy (non-hydrogen) atoms. The Hall–Kier alpha value is -2.95. The first-order valence-corrected chi connectivity index (χ1v) is 7.35. The van der Waals surface area contributed by atoms with E-state index in [-0.39, 0.29) is 10.6 Å². The molecule has 0 aliphatic carbocycles. The van der Waals surface area contributed by atoms with E-state index in [1.807, 2.05) is 55.8 Å². The van der Waals surface area contributed by atoms with Gasteiger partial charge in [0.15, 0.2) is 0 Å². The number of nitro benzene ring substituents is 1. The molecule has 1 aromatic heterocycles. The highest BCUT2D eigenvalue weighted by molar-refractivity contribution is 5.71. The Morgan fingerprint density at radius 1 is 1.04 bits per heavy atom. The number of benzene rings is 2. The Labute approximate surface area is 134 Å². The molecule has 0 aliphatic rings. The molecular formula is C18H17N3O2. The maximum atomic E-state index is 11.0. The van der Waals surface area contributed by atoms with E-state index in [9.17, 15) is 10.1 Å². The van der Waals surface area contributed by atoms with Crippen LogP contribution in [0, 0.1) is 30.9 Å². The highest BCUT2D eigenvalue weighted by Gasteiger charge is 2.16. The Kier molecular flexibility index (Phi) is 3.70. The van der Waals surface area contributed by atoms with Gasteiger partial charge in [-0.25, -0.2) is 4.68 Å². The van der Waals surface area contributed by atoms with Gasteiger partial charge in [0.2, 0.25) is 0 Å². The molecule has 1 heterocycles. The molecule has 0 bridgehead atoms. The van der Waals surface area contributed by atoms with Crippen LogP contribution in [-0.2, 0) is 0 Å². The van der Waals surface area contributed by atoms with Crippen LogP contribution in [0.25, 0.3) is 16.8 Å². The molecule has 3 rings (SSSR count). The Balaban J connectivity index is 2.13. The first kappa shape index (κ1) is 15.0. The fourth-order valence-electron chi connectivity index (χ4n) is 2.77. The van der Waals surface area contributed by atoms with Crippen molar-refractivity contribution in [2.75, 3.05) is 0 Å². The Morgan fingerprint density at radius 2 is 1.74 bits per heavy atom. The summed E-state index contributed by atoms with van der Waals surface area (Å²) in [5.41, 5.74) is 5.82. The van der Waals surface area contributed by atoms with Gasteiger partial charge in [0.1, 0.15) is 0 Å². The lowest BCUT2D eigenvalue weighted by Crippen LogP contribution is -1.99. The van der Waals surface area contributed by atoms with Crippen LogP contribution in [0.15, 0.2) is 48.5 Å². The average molecular weight is 307 g/mol. The zero-order valence-electron chi connectivity index (χ0n) is 13.3. The van der Waals surface area contributed by atoms with Crippen molar-refractivity contribution < 1.29 is 4.92 Å². The summed E-state index contributed by atoms with van der Waals surface area (Å²) < 4.78 is 1.88. The number of non-ortho nitro benzene ring substituents is 1. The van der Waals surface area contributed by atoms with Crippen molar-refractivity contribution in [2.24, 2.45) is 0 Å². The van der Waals surface area contributed by atoms with E-state index in [2.05, 4.69) is 5.10 Å². The zero-order valence-corrected chi connectivity index (χ0v) is 13.3. The minimum absolute atomic E-state index is 0.0874. The van der Waals surface area contributed by atoms with E-state index in [4.69, 9.17) is 0 Å². The van der Waals surface area contributed by atoms with E-state index < -0.39 is 0 Å². The van der Waals surface area contributed by atoms with E-state index in [1.54, 1.807) is 12.1 Å². The second-order valence-corrected chi connectivity index (χ2v) is 5.60.